The Balaban J connectivity index is 0.00000392. The van der Waals surface area contributed by atoms with Crippen molar-refractivity contribution < 1.29 is 14.3 Å². The van der Waals surface area contributed by atoms with Crippen LogP contribution in [-0.2, 0) is 4.74 Å². The Morgan fingerprint density at radius 3 is 2.64 bits per heavy atom. The molecule has 0 aromatic carbocycles. The van der Waals surface area contributed by atoms with Gasteiger partial charge in [-0.1, -0.05) is 13.8 Å². The van der Waals surface area contributed by atoms with Crippen molar-refractivity contribution in [2.45, 2.75) is 45.8 Å². The van der Waals surface area contributed by atoms with Crippen LogP contribution in [0.2, 0.25) is 0 Å². The van der Waals surface area contributed by atoms with Gasteiger partial charge in [-0.05, 0) is 50.9 Å². The van der Waals surface area contributed by atoms with Gasteiger partial charge in [0.15, 0.2) is 5.96 Å². The summed E-state index contributed by atoms with van der Waals surface area (Å²) in [5, 5.41) is 16.7. The van der Waals surface area contributed by atoms with E-state index in [1.54, 1.807) is 6.26 Å². The van der Waals surface area contributed by atoms with Gasteiger partial charge in [0.2, 0.25) is 0 Å². The minimum atomic E-state index is -0.598. The summed E-state index contributed by atoms with van der Waals surface area (Å²) in [5.74, 6) is 2.14. The number of nitrogens with zero attached hydrogens (tertiary/aromatic N) is 2. The molecule has 2 unspecified atom stereocenters. The maximum absolute atomic E-state index is 10.1. The quantitative estimate of drug-likeness (QED) is 0.242. The molecule has 0 saturated carbocycles. The topological polar surface area (TPSA) is 82.3 Å². The molecule has 1 aliphatic rings. The van der Waals surface area contributed by atoms with E-state index in [9.17, 15) is 5.11 Å². The Morgan fingerprint density at radius 1 is 1.29 bits per heavy atom. The molecule has 0 aliphatic carbocycles. The Morgan fingerprint density at radius 2 is 2.04 bits per heavy atom. The van der Waals surface area contributed by atoms with Crippen LogP contribution in [0.25, 0.3) is 0 Å². The molecule has 2 heterocycles. The van der Waals surface area contributed by atoms with E-state index >= 15 is 0 Å². The highest BCUT2D eigenvalue weighted by molar-refractivity contribution is 14.0. The number of ether oxygens (including phenoxy) is 1. The molecule has 1 aromatic rings. The highest BCUT2D eigenvalue weighted by Gasteiger charge is 2.25. The molecule has 8 heteroatoms. The van der Waals surface area contributed by atoms with Crippen LogP contribution in [0.3, 0.4) is 0 Å². The molecule has 1 aliphatic heterocycles. The van der Waals surface area contributed by atoms with Gasteiger partial charge in [-0.3, -0.25) is 9.89 Å². The monoisotopic (exact) mass is 508 g/mol. The standard InChI is InChI=1S/C20H36N4O3.HI/c1-4-21-20(22-12-17(25)15-26-14-16(2)3)23-13-18(19-8-7-11-27-19)24-9-5-6-10-24;/h7-8,11,16-18,25H,4-6,9-10,12-15H2,1-3H3,(H2,21,22,23);1H. The van der Waals surface area contributed by atoms with Gasteiger partial charge in [0.1, 0.15) is 5.76 Å². The van der Waals surface area contributed by atoms with Crippen molar-refractivity contribution in [3.8, 4) is 0 Å². The number of aliphatic hydroxyl groups excluding tert-OH is 1. The third kappa shape index (κ3) is 9.11. The van der Waals surface area contributed by atoms with Gasteiger partial charge >= 0.3 is 0 Å². The van der Waals surface area contributed by atoms with Crippen molar-refractivity contribution in [1.82, 2.24) is 15.5 Å². The molecule has 0 radical (unpaired) electrons. The molecule has 2 atom stereocenters. The number of hydrogen-bond acceptors (Lipinski definition) is 5. The number of nitrogens with one attached hydrogen (secondary N) is 2. The van der Waals surface area contributed by atoms with Crippen molar-refractivity contribution >= 4 is 29.9 Å². The maximum Gasteiger partial charge on any atom is 0.191 e. The molecule has 1 saturated heterocycles. The third-order valence-electron chi connectivity index (χ3n) is 4.48. The lowest BCUT2D eigenvalue weighted by Crippen LogP contribution is -2.43. The Bertz CT molecular complexity index is 534. The van der Waals surface area contributed by atoms with E-state index in [1.807, 2.05) is 19.1 Å². The van der Waals surface area contributed by atoms with Crippen molar-refractivity contribution in [2.24, 2.45) is 10.9 Å². The second-order valence-corrected chi connectivity index (χ2v) is 7.46. The lowest BCUT2D eigenvalue weighted by atomic mass is 10.2. The number of halogens is 1. The molecule has 1 aromatic heterocycles. The molecular formula is C20H37IN4O3. The molecule has 0 spiro atoms. The summed E-state index contributed by atoms with van der Waals surface area (Å²) in [7, 11) is 0. The van der Waals surface area contributed by atoms with Crippen molar-refractivity contribution in [3.63, 3.8) is 0 Å². The lowest BCUT2D eigenvalue weighted by molar-refractivity contribution is 0.0301. The van der Waals surface area contributed by atoms with Crippen LogP contribution >= 0.6 is 24.0 Å². The molecule has 1 fully saturated rings. The summed E-state index contributed by atoms with van der Waals surface area (Å²) in [6.07, 6.45) is 3.59. The lowest BCUT2D eigenvalue weighted by Gasteiger charge is -2.26. The molecule has 0 bridgehead atoms. The zero-order valence-electron chi connectivity index (χ0n) is 17.4. The fourth-order valence-electron chi connectivity index (χ4n) is 3.17. The van der Waals surface area contributed by atoms with E-state index in [4.69, 9.17) is 9.15 Å². The van der Waals surface area contributed by atoms with Crippen LogP contribution in [0.15, 0.2) is 27.8 Å². The van der Waals surface area contributed by atoms with Gasteiger partial charge in [-0.25, -0.2) is 0 Å². The summed E-state index contributed by atoms with van der Waals surface area (Å²) >= 11 is 0. The zero-order valence-corrected chi connectivity index (χ0v) is 19.7. The first-order valence-electron chi connectivity index (χ1n) is 10.2. The number of likely N-dealkylation sites (tertiary alicyclic amines) is 1. The van der Waals surface area contributed by atoms with E-state index in [0.29, 0.717) is 38.2 Å². The minimum Gasteiger partial charge on any atom is -0.468 e. The van der Waals surface area contributed by atoms with Crippen LogP contribution < -0.4 is 10.6 Å². The van der Waals surface area contributed by atoms with E-state index in [-0.39, 0.29) is 30.0 Å². The summed E-state index contributed by atoms with van der Waals surface area (Å²) in [5.41, 5.74) is 0. The number of furan rings is 1. The average molecular weight is 508 g/mol. The van der Waals surface area contributed by atoms with Crippen molar-refractivity contribution in [3.05, 3.63) is 24.2 Å². The summed E-state index contributed by atoms with van der Waals surface area (Å²) < 4.78 is 11.1. The first kappa shape index (κ1) is 25.2. The van der Waals surface area contributed by atoms with E-state index in [2.05, 4.69) is 34.4 Å². The molecule has 2 rings (SSSR count). The smallest absolute Gasteiger partial charge is 0.191 e. The number of hydrogen-bond donors (Lipinski definition) is 3. The largest absolute Gasteiger partial charge is 0.468 e. The predicted molar refractivity (Wildman–Crippen MR) is 123 cm³/mol. The fraction of sp³-hybridized carbons (Fsp3) is 0.750. The Labute approximate surface area is 186 Å². The zero-order chi connectivity index (χ0) is 19.5. The molecule has 28 heavy (non-hydrogen) atoms. The van der Waals surface area contributed by atoms with Crippen LogP contribution in [-0.4, -0.2) is 68.0 Å². The van der Waals surface area contributed by atoms with E-state index in [0.717, 1.165) is 25.4 Å². The second kappa shape index (κ2) is 14.2. The SMILES string of the molecule is CCNC(=NCC(O)COCC(C)C)NCC(c1ccco1)N1CCCC1.I. The molecule has 162 valence electrons. The molecular weight excluding hydrogens is 471 g/mol. The summed E-state index contributed by atoms with van der Waals surface area (Å²) in [4.78, 5) is 6.95. The van der Waals surface area contributed by atoms with Crippen LogP contribution in [0, 0.1) is 5.92 Å². The number of rotatable bonds is 11. The van der Waals surface area contributed by atoms with Crippen molar-refractivity contribution in [1.29, 1.82) is 0 Å². The van der Waals surface area contributed by atoms with E-state index < -0.39 is 6.10 Å². The van der Waals surface area contributed by atoms with Gasteiger partial charge in [-0.15, -0.1) is 24.0 Å². The normalized spacial score (nSPS) is 17.4. The van der Waals surface area contributed by atoms with Gasteiger partial charge in [0.05, 0.1) is 31.6 Å². The predicted octanol–water partition coefficient (Wildman–Crippen LogP) is 2.62. The van der Waals surface area contributed by atoms with Crippen LogP contribution in [0.5, 0.6) is 0 Å². The molecule has 0 amide bonds. The Kier molecular flexibility index (Phi) is 12.8. The summed E-state index contributed by atoms with van der Waals surface area (Å²) in [6.45, 7) is 11.1. The molecule has 7 nitrogen and oxygen atoms in total. The van der Waals surface area contributed by atoms with Crippen LogP contribution in [0.1, 0.15) is 45.4 Å². The first-order chi connectivity index (χ1) is 13.1. The maximum atomic E-state index is 10.1. The highest BCUT2D eigenvalue weighted by Crippen LogP contribution is 2.24. The number of aliphatic hydroxyl groups is 1. The average Bonchev–Trinajstić information content (AvgIpc) is 3.34. The minimum absolute atomic E-state index is 0. The fourth-order valence-corrected chi connectivity index (χ4v) is 3.17. The Hall–Kier alpha value is -0.840. The first-order valence-corrected chi connectivity index (χ1v) is 10.2. The van der Waals surface area contributed by atoms with Gasteiger partial charge in [-0.2, -0.15) is 0 Å². The summed E-state index contributed by atoms with van der Waals surface area (Å²) in [6, 6.07) is 4.15. The molecule has 3 N–H and O–H groups in total. The number of guanidine groups is 1. The van der Waals surface area contributed by atoms with Gasteiger partial charge < -0.3 is 24.9 Å². The second-order valence-electron chi connectivity index (χ2n) is 7.46. The van der Waals surface area contributed by atoms with Crippen LogP contribution in [0.4, 0.5) is 0 Å². The third-order valence-corrected chi connectivity index (χ3v) is 4.48. The van der Waals surface area contributed by atoms with E-state index in [1.165, 1.54) is 12.8 Å². The van der Waals surface area contributed by atoms with Gasteiger partial charge in [0, 0.05) is 19.7 Å². The number of aliphatic imine (C=N–C) groups is 1. The van der Waals surface area contributed by atoms with Gasteiger partial charge in [0.25, 0.3) is 0 Å². The van der Waals surface area contributed by atoms with Crippen molar-refractivity contribution in [2.75, 3.05) is 45.9 Å². The highest BCUT2D eigenvalue weighted by atomic mass is 127.